The van der Waals surface area contributed by atoms with E-state index in [2.05, 4.69) is 25.7 Å². The van der Waals surface area contributed by atoms with E-state index < -0.39 is 0 Å². The monoisotopic (exact) mass is 260 g/mol. The molecule has 0 saturated heterocycles. The number of aromatic amines is 1. The van der Waals surface area contributed by atoms with Crippen molar-refractivity contribution >= 4 is 17.7 Å². The Labute approximate surface area is 110 Å². The molecule has 2 rings (SSSR count). The number of hydrazine groups is 1. The quantitative estimate of drug-likeness (QED) is 0.478. The molecule has 0 fully saturated rings. The number of aromatic nitrogens is 3. The van der Waals surface area contributed by atoms with Gasteiger partial charge in [-0.1, -0.05) is 13.3 Å². The largest absolute Gasteiger partial charge is 0.331 e. The fourth-order valence-electron chi connectivity index (χ4n) is 1.69. The van der Waals surface area contributed by atoms with Gasteiger partial charge in [-0.3, -0.25) is 10.1 Å². The zero-order chi connectivity index (χ0) is 13.7. The van der Waals surface area contributed by atoms with Crippen molar-refractivity contribution < 1.29 is 4.79 Å². The van der Waals surface area contributed by atoms with E-state index in [-0.39, 0.29) is 5.91 Å². The summed E-state index contributed by atoms with van der Waals surface area (Å²) in [6.07, 6.45) is 4.94. The maximum absolute atomic E-state index is 12.1. The van der Waals surface area contributed by atoms with Crippen molar-refractivity contribution in [3.63, 3.8) is 0 Å². The topological polar surface area (TPSA) is 109 Å². The lowest BCUT2D eigenvalue weighted by Crippen LogP contribution is -2.16. The van der Waals surface area contributed by atoms with E-state index in [1.54, 1.807) is 24.5 Å². The molecule has 0 aliphatic heterocycles. The lowest BCUT2D eigenvalue weighted by Gasteiger charge is -2.07. The minimum Gasteiger partial charge on any atom is -0.331 e. The molecule has 1 amide bonds. The van der Waals surface area contributed by atoms with E-state index in [1.807, 2.05) is 6.92 Å². The summed E-state index contributed by atoms with van der Waals surface area (Å²) in [7, 11) is 0. The third-order valence-electron chi connectivity index (χ3n) is 2.52. The molecular weight excluding hydrogens is 244 g/mol. The number of H-pyrrole nitrogens is 1. The minimum absolute atomic E-state index is 0.258. The van der Waals surface area contributed by atoms with Crippen molar-refractivity contribution in [2.45, 2.75) is 19.8 Å². The third kappa shape index (κ3) is 3.29. The van der Waals surface area contributed by atoms with E-state index in [4.69, 9.17) is 5.84 Å². The van der Waals surface area contributed by atoms with Gasteiger partial charge >= 0.3 is 0 Å². The normalized spacial score (nSPS) is 10.2. The first-order valence-electron chi connectivity index (χ1n) is 6.01. The maximum atomic E-state index is 12.1. The second-order valence-corrected chi connectivity index (χ2v) is 4.02. The van der Waals surface area contributed by atoms with Crippen LogP contribution >= 0.6 is 0 Å². The van der Waals surface area contributed by atoms with Gasteiger partial charge in [0, 0.05) is 23.7 Å². The summed E-state index contributed by atoms with van der Waals surface area (Å²) in [5.41, 5.74) is 3.78. The standard InChI is InChI=1S/C12H16N6O/c1-2-3-9-6-8(7-10(16-9)18-13)11(19)17-12-14-4-5-15-12/h4-7H,2-3,13H2,1H3,(H,16,18)(H2,14,15,17,19). The highest BCUT2D eigenvalue weighted by atomic mass is 16.1. The molecule has 0 bridgehead atoms. The molecular formula is C12H16N6O. The highest BCUT2D eigenvalue weighted by molar-refractivity contribution is 6.03. The van der Waals surface area contributed by atoms with Crippen LogP contribution in [0.3, 0.4) is 0 Å². The van der Waals surface area contributed by atoms with Gasteiger partial charge in [0.05, 0.1) is 0 Å². The Bertz CT molecular complexity index is 551. The van der Waals surface area contributed by atoms with Crippen molar-refractivity contribution in [2.75, 3.05) is 10.7 Å². The first-order valence-corrected chi connectivity index (χ1v) is 6.01. The first kappa shape index (κ1) is 13.0. The molecule has 7 heteroatoms. The number of nitrogens with zero attached hydrogens (tertiary/aromatic N) is 2. The molecule has 0 spiro atoms. The van der Waals surface area contributed by atoms with Crippen molar-refractivity contribution in [3.8, 4) is 0 Å². The fraction of sp³-hybridized carbons (Fsp3) is 0.250. The molecule has 0 aromatic carbocycles. The summed E-state index contributed by atoms with van der Waals surface area (Å²) < 4.78 is 0. The van der Waals surface area contributed by atoms with Crippen LogP contribution in [-0.4, -0.2) is 20.9 Å². The molecule has 0 radical (unpaired) electrons. The smallest absolute Gasteiger partial charge is 0.258 e. The van der Waals surface area contributed by atoms with E-state index >= 15 is 0 Å². The lowest BCUT2D eigenvalue weighted by molar-refractivity contribution is 0.102. The minimum atomic E-state index is -0.258. The second-order valence-electron chi connectivity index (χ2n) is 4.02. The Morgan fingerprint density at radius 3 is 2.95 bits per heavy atom. The number of hydrogen-bond acceptors (Lipinski definition) is 5. The fourth-order valence-corrected chi connectivity index (χ4v) is 1.69. The summed E-state index contributed by atoms with van der Waals surface area (Å²) in [5.74, 6) is 5.97. The average molecular weight is 260 g/mol. The molecule has 5 N–H and O–H groups in total. The second kappa shape index (κ2) is 5.96. The third-order valence-corrected chi connectivity index (χ3v) is 2.52. The molecule has 2 heterocycles. The van der Waals surface area contributed by atoms with Crippen molar-refractivity contribution in [1.29, 1.82) is 0 Å². The van der Waals surface area contributed by atoms with Gasteiger partial charge in [0.2, 0.25) is 5.95 Å². The van der Waals surface area contributed by atoms with Crippen LogP contribution in [0.5, 0.6) is 0 Å². The van der Waals surface area contributed by atoms with Gasteiger partial charge < -0.3 is 10.4 Å². The molecule has 0 unspecified atom stereocenters. The summed E-state index contributed by atoms with van der Waals surface area (Å²) in [6, 6.07) is 3.35. The van der Waals surface area contributed by atoms with Crippen LogP contribution in [0, 0.1) is 0 Å². The number of nitrogens with one attached hydrogen (secondary N) is 3. The van der Waals surface area contributed by atoms with E-state index in [0.29, 0.717) is 17.3 Å². The van der Waals surface area contributed by atoms with Crippen molar-refractivity contribution in [1.82, 2.24) is 15.0 Å². The Morgan fingerprint density at radius 2 is 2.32 bits per heavy atom. The average Bonchev–Trinajstić information content (AvgIpc) is 2.91. The van der Waals surface area contributed by atoms with Crippen LogP contribution < -0.4 is 16.6 Å². The van der Waals surface area contributed by atoms with Crippen LogP contribution in [0.2, 0.25) is 0 Å². The number of rotatable bonds is 5. The molecule has 2 aromatic heterocycles. The Balaban J connectivity index is 2.22. The van der Waals surface area contributed by atoms with E-state index in [9.17, 15) is 4.79 Å². The molecule has 0 aliphatic rings. The van der Waals surface area contributed by atoms with Crippen molar-refractivity contribution in [2.24, 2.45) is 5.84 Å². The summed E-state index contributed by atoms with van der Waals surface area (Å²) >= 11 is 0. The number of imidazole rings is 1. The van der Waals surface area contributed by atoms with Gasteiger partial charge in [-0.2, -0.15) is 0 Å². The molecule has 0 aliphatic carbocycles. The zero-order valence-electron chi connectivity index (χ0n) is 10.6. The predicted octanol–water partition coefficient (Wildman–Crippen LogP) is 1.30. The highest BCUT2D eigenvalue weighted by Gasteiger charge is 2.10. The highest BCUT2D eigenvalue weighted by Crippen LogP contribution is 2.12. The molecule has 7 nitrogen and oxygen atoms in total. The van der Waals surface area contributed by atoms with Gasteiger partial charge in [0.1, 0.15) is 5.82 Å². The number of carbonyl (C=O) groups is 1. The number of anilines is 2. The number of pyridine rings is 1. The number of nitrogen functional groups attached to an aromatic ring is 1. The van der Waals surface area contributed by atoms with E-state index in [1.165, 1.54) is 0 Å². The predicted molar refractivity (Wildman–Crippen MR) is 72.6 cm³/mol. The van der Waals surface area contributed by atoms with Crippen LogP contribution in [0.15, 0.2) is 24.5 Å². The van der Waals surface area contributed by atoms with Crippen LogP contribution in [0.4, 0.5) is 11.8 Å². The molecule has 19 heavy (non-hydrogen) atoms. The van der Waals surface area contributed by atoms with Gasteiger partial charge in [0.25, 0.3) is 5.91 Å². The number of nitrogens with two attached hydrogens (primary N) is 1. The SMILES string of the molecule is CCCc1cc(C(=O)Nc2ncc[nH]2)cc(NN)n1. The lowest BCUT2D eigenvalue weighted by atomic mass is 10.1. The van der Waals surface area contributed by atoms with E-state index in [0.717, 1.165) is 18.5 Å². The summed E-state index contributed by atoms with van der Waals surface area (Å²) in [6.45, 7) is 2.05. The van der Waals surface area contributed by atoms with Crippen LogP contribution in [0.25, 0.3) is 0 Å². The summed E-state index contributed by atoms with van der Waals surface area (Å²) in [4.78, 5) is 23.1. The van der Waals surface area contributed by atoms with Crippen LogP contribution in [-0.2, 0) is 6.42 Å². The van der Waals surface area contributed by atoms with Gasteiger partial charge in [-0.15, -0.1) is 0 Å². The zero-order valence-corrected chi connectivity index (χ0v) is 10.6. The first-order chi connectivity index (χ1) is 9.22. The number of amides is 1. The number of hydrogen-bond donors (Lipinski definition) is 4. The van der Waals surface area contributed by atoms with Gasteiger partial charge in [-0.25, -0.2) is 15.8 Å². The van der Waals surface area contributed by atoms with Crippen molar-refractivity contribution in [3.05, 3.63) is 35.8 Å². The molecule has 0 saturated carbocycles. The van der Waals surface area contributed by atoms with Gasteiger partial charge in [-0.05, 0) is 18.6 Å². The van der Waals surface area contributed by atoms with Crippen LogP contribution in [0.1, 0.15) is 29.4 Å². The molecule has 0 atom stereocenters. The Kier molecular flexibility index (Phi) is 4.09. The number of aryl methyl sites for hydroxylation is 1. The Hall–Kier alpha value is -2.41. The summed E-state index contributed by atoms with van der Waals surface area (Å²) in [5, 5.41) is 2.66. The maximum Gasteiger partial charge on any atom is 0.258 e. The molecule has 2 aromatic rings. The van der Waals surface area contributed by atoms with Gasteiger partial charge in [0.15, 0.2) is 0 Å². The number of carbonyl (C=O) groups excluding carboxylic acids is 1. The Morgan fingerprint density at radius 1 is 1.47 bits per heavy atom. The molecule has 100 valence electrons.